The Bertz CT molecular complexity index is 79.0. The number of rotatable bonds is 1. The molecule has 0 radical (unpaired) electrons. The second-order valence-corrected chi connectivity index (χ2v) is 1.14. The van der Waals surface area contributed by atoms with Gasteiger partial charge in [0.2, 0.25) is 5.91 Å². The third-order valence-corrected chi connectivity index (χ3v) is 0.468. The summed E-state index contributed by atoms with van der Waals surface area (Å²) in [5.74, 6) is -0.242. The fraction of sp³-hybridized carbons (Fsp3) is 0.500. The fourth-order valence-corrected chi connectivity index (χ4v) is 0. The van der Waals surface area contributed by atoms with Gasteiger partial charge in [0, 0.05) is 0 Å². The molecule has 0 aliphatic carbocycles. The second kappa shape index (κ2) is 15.7. The molecule has 0 saturated carbocycles. The molecule has 0 aromatic rings. The zero-order valence-corrected chi connectivity index (χ0v) is 6.44. The first-order chi connectivity index (χ1) is 3.68. The van der Waals surface area contributed by atoms with Crippen molar-refractivity contribution in [3.63, 3.8) is 0 Å². The van der Waals surface area contributed by atoms with Gasteiger partial charge >= 0.3 is 18.9 Å². The first-order valence-electron chi connectivity index (χ1n) is 1.87. The monoisotopic (exact) mass is 141 g/mol. The van der Waals surface area contributed by atoms with Gasteiger partial charge in [-0.05, 0) is 0 Å². The molecule has 0 aliphatic rings. The first kappa shape index (κ1) is 16.0. The third-order valence-electron chi connectivity index (χ3n) is 0.156. The summed E-state index contributed by atoms with van der Waals surface area (Å²) < 4.78 is 0. The Hall–Kier alpha value is 0.0874. The van der Waals surface area contributed by atoms with E-state index in [-0.39, 0.29) is 30.5 Å². The summed E-state index contributed by atoms with van der Waals surface area (Å²) in [5, 5.41) is 0. The average molecular weight is 141 g/mol. The molecule has 0 unspecified atom stereocenters. The largest absolute Gasteiger partial charge is 1.00 e. The van der Waals surface area contributed by atoms with E-state index in [1.165, 1.54) is 13.2 Å². The SMILES string of the molecule is C[C-]=O.NC(=O)CS.[Li+]. The van der Waals surface area contributed by atoms with Crippen LogP contribution in [-0.2, 0) is 9.59 Å². The van der Waals surface area contributed by atoms with Crippen molar-refractivity contribution in [2.45, 2.75) is 6.92 Å². The summed E-state index contributed by atoms with van der Waals surface area (Å²) in [6, 6.07) is 0. The maximum Gasteiger partial charge on any atom is 1.00 e. The Balaban J connectivity index is -0.0000000800. The van der Waals surface area contributed by atoms with Gasteiger partial charge in [0.1, 0.15) is 0 Å². The van der Waals surface area contributed by atoms with Gasteiger partial charge in [-0.3, -0.25) is 11.1 Å². The van der Waals surface area contributed by atoms with Crippen LogP contribution < -0.4 is 24.6 Å². The third kappa shape index (κ3) is 68.8. The summed E-state index contributed by atoms with van der Waals surface area (Å²) in [6.07, 6.45) is 1.50. The van der Waals surface area contributed by atoms with Gasteiger partial charge in [-0.1, -0.05) is 0 Å². The Morgan fingerprint density at radius 2 is 1.89 bits per heavy atom. The standard InChI is InChI=1S/C2H5NOS.C2H3O.Li/c3-2(4)1-5;1-2-3;/h5H,1H2,(H2,3,4);1H3;/q;-1;+1. The van der Waals surface area contributed by atoms with E-state index in [1.807, 2.05) is 0 Å². The summed E-state index contributed by atoms with van der Waals surface area (Å²) in [5.41, 5.74) is 4.58. The molecule has 0 aromatic heterocycles. The van der Waals surface area contributed by atoms with Gasteiger partial charge in [0.15, 0.2) is 0 Å². The molecule has 0 saturated heterocycles. The maximum atomic E-state index is 9.51. The van der Waals surface area contributed by atoms with Crippen molar-refractivity contribution in [1.82, 2.24) is 0 Å². The van der Waals surface area contributed by atoms with Crippen LogP contribution in [0.1, 0.15) is 6.92 Å². The van der Waals surface area contributed by atoms with Crippen molar-refractivity contribution in [2.24, 2.45) is 5.73 Å². The predicted octanol–water partition coefficient (Wildman–Crippen LogP) is -3.48. The van der Waals surface area contributed by atoms with Crippen molar-refractivity contribution in [3.8, 4) is 0 Å². The molecule has 0 fully saturated rings. The number of hydrogen-bond acceptors (Lipinski definition) is 3. The van der Waals surface area contributed by atoms with Crippen LogP contribution in [0.2, 0.25) is 0 Å². The maximum absolute atomic E-state index is 9.51. The number of nitrogens with two attached hydrogens (primary N) is 1. The molecule has 0 spiro atoms. The minimum absolute atomic E-state index is 0. The van der Waals surface area contributed by atoms with E-state index in [2.05, 4.69) is 18.4 Å². The molecule has 1 amide bonds. The van der Waals surface area contributed by atoms with Crippen molar-refractivity contribution in [3.05, 3.63) is 0 Å². The van der Waals surface area contributed by atoms with Gasteiger partial charge in [0.25, 0.3) is 0 Å². The Morgan fingerprint density at radius 3 is 1.89 bits per heavy atom. The number of carbonyl (C=O) groups is 1. The zero-order valence-electron chi connectivity index (χ0n) is 5.55. The molecule has 0 rings (SSSR count). The van der Waals surface area contributed by atoms with E-state index >= 15 is 0 Å². The van der Waals surface area contributed by atoms with Crippen LogP contribution in [0, 0.1) is 0 Å². The summed E-state index contributed by atoms with van der Waals surface area (Å²) in [6.45, 7) is 1.32. The number of amides is 1. The smallest absolute Gasteiger partial charge is 0.542 e. The van der Waals surface area contributed by atoms with E-state index in [0.29, 0.717) is 0 Å². The van der Waals surface area contributed by atoms with Crippen molar-refractivity contribution >= 4 is 24.8 Å². The Morgan fingerprint density at radius 1 is 1.78 bits per heavy atom. The number of primary amides is 1. The van der Waals surface area contributed by atoms with Gasteiger partial charge < -0.3 is 10.5 Å². The zero-order chi connectivity index (χ0) is 6.99. The first-order valence-corrected chi connectivity index (χ1v) is 2.50. The molecule has 0 atom stereocenters. The molecule has 0 bridgehead atoms. The number of carbonyl (C=O) groups excluding carboxylic acids is 2. The average Bonchev–Trinajstić information content (AvgIpc) is 1.69. The van der Waals surface area contributed by atoms with E-state index in [0.717, 1.165) is 0 Å². The van der Waals surface area contributed by atoms with Crippen molar-refractivity contribution in [1.29, 1.82) is 0 Å². The van der Waals surface area contributed by atoms with Crippen LogP contribution in [0.15, 0.2) is 0 Å². The van der Waals surface area contributed by atoms with Crippen LogP contribution in [-0.4, -0.2) is 17.9 Å². The summed E-state index contributed by atoms with van der Waals surface area (Å²) in [7, 11) is 0. The topological polar surface area (TPSA) is 60.2 Å². The molecule has 0 aromatic carbocycles. The summed E-state index contributed by atoms with van der Waals surface area (Å²) >= 11 is 3.54. The fourth-order valence-electron chi connectivity index (χ4n) is 0. The van der Waals surface area contributed by atoms with E-state index in [9.17, 15) is 4.79 Å². The second-order valence-electron chi connectivity index (χ2n) is 0.829. The van der Waals surface area contributed by atoms with E-state index in [4.69, 9.17) is 4.79 Å². The van der Waals surface area contributed by atoms with Crippen LogP contribution in [0.3, 0.4) is 0 Å². The van der Waals surface area contributed by atoms with Gasteiger partial charge in [-0.2, -0.15) is 19.6 Å². The van der Waals surface area contributed by atoms with Crippen LogP contribution in [0.25, 0.3) is 0 Å². The molecular formula is C4H8LiNO2S. The Labute approximate surface area is 72.0 Å². The van der Waals surface area contributed by atoms with Crippen LogP contribution >= 0.6 is 12.6 Å². The van der Waals surface area contributed by atoms with Gasteiger partial charge in [-0.25, -0.2) is 0 Å². The molecule has 0 aliphatic heterocycles. The molecule has 2 N–H and O–H groups in total. The van der Waals surface area contributed by atoms with Crippen molar-refractivity contribution in [2.75, 3.05) is 5.75 Å². The number of hydrogen-bond donors (Lipinski definition) is 2. The summed E-state index contributed by atoms with van der Waals surface area (Å²) in [4.78, 5) is 18.2. The molecule has 3 nitrogen and oxygen atoms in total. The molecule has 48 valence electrons. The van der Waals surface area contributed by atoms with Crippen LogP contribution in [0.4, 0.5) is 0 Å². The molecular weight excluding hydrogens is 133 g/mol. The quantitative estimate of drug-likeness (QED) is 0.226. The number of thiol groups is 1. The van der Waals surface area contributed by atoms with E-state index < -0.39 is 0 Å². The van der Waals surface area contributed by atoms with Gasteiger partial charge in [0.05, 0.1) is 5.75 Å². The Kier molecular flexibility index (Phi) is 28.0. The molecule has 0 heterocycles. The minimum atomic E-state index is -0.381. The normalized spacial score (nSPS) is 5.56. The van der Waals surface area contributed by atoms with Crippen LogP contribution in [0.5, 0.6) is 0 Å². The molecule has 9 heavy (non-hydrogen) atoms. The van der Waals surface area contributed by atoms with E-state index in [1.54, 1.807) is 0 Å². The predicted molar refractivity (Wildman–Crippen MR) is 34.4 cm³/mol. The van der Waals surface area contributed by atoms with Crippen molar-refractivity contribution < 1.29 is 28.4 Å². The molecule has 5 heteroatoms. The minimum Gasteiger partial charge on any atom is -0.542 e. The van der Waals surface area contributed by atoms with Gasteiger partial charge in [-0.15, -0.1) is 0 Å².